The molecule has 166 valence electrons. The topological polar surface area (TPSA) is 29.5 Å². The van der Waals surface area contributed by atoms with Gasteiger partial charge in [-0.05, 0) is 69.1 Å². The highest BCUT2D eigenvalue weighted by Crippen LogP contribution is 2.37. The van der Waals surface area contributed by atoms with Crippen molar-refractivity contribution in [2.45, 2.75) is 128 Å². The first-order chi connectivity index (χ1) is 14.3. The Labute approximate surface area is 179 Å². The highest BCUT2D eigenvalue weighted by atomic mass is 16.5. The molecular weight excluding hydrogens is 358 g/mol. The molecule has 0 bridgehead atoms. The second-order valence-corrected chi connectivity index (χ2v) is 10.8. The first-order valence-electron chi connectivity index (χ1n) is 13.2. The first kappa shape index (κ1) is 21.7. The van der Waals surface area contributed by atoms with Crippen LogP contribution >= 0.6 is 0 Å². The van der Waals surface area contributed by atoms with Crippen LogP contribution in [-0.2, 0) is 9.53 Å². The quantitative estimate of drug-likeness (QED) is 0.486. The van der Waals surface area contributed by atoms with Gasteiger partial charge in [-0.1, -0.05) is 64.2 Å². The van der Waals surface area contributed by atoms with Gasteiger partial charge >= 0.3 is 0 Å². The van der Waals surface area contributed by atoms with Gasteiger partial charge in [-0.3, -0.25) is 4.79 Å². The Kier molecular flexibility index (Phi) is 8.34. The Morgan fingerprint density at radius 2 is 1.24 bits per heavy atom. The minimum absolute atomic E-state index is 0.156. The smallest absolute Gasteiger partial charge is 0.251 e. The number of hydrogen-bond acceptors (Lipinski definition) is 2. The van der Waals surface area contributed by atoms with Crippen molar-refractivity contribution in [1.29, 1.82) is 0 Å². The molecule has 1 saturated heterocycles. The number of ether oxygens (including phenoxy) is 1. The molecule has 0 aromatic rings. The molecule has 0 N–H and O–H groups in total. The summed E-state index contributed by atoms with van der Waals surface area (Å²) in [5, 5.41) is 0. The minimum atomic E-state index is -0.156. The van der Waals surface area contributed by atoms with Crippen molar-refractivity contribution in [3.8, 4) is 0 Å². The number of nitrogens with zero attached hydrogens (tertiary/aromatic N) is 1. The molecule has 3 heteroatoms. The largest absolute Gasteiger partial charge is 0.365 e. The molecule has 0 aromatic carbocycles. The Morgan fingerprint density at radius 1 is 0.690 bits per heavy atom. The lowest BCUT2D eigenvalue weighted by atomic mass is 9.77. The second kappa shape index (κ2) is 11.2. The predicted molar refractivity (Wildman–Crippen MR) is 119 cm³/mol. The zero-order valence-corrected chi connectivity index (χ0v) is 18.8. The summed E-state index contributed by atoms with van der Waals surface area (Å²) in [5.41, 5.74) is 0. The van der Waals surface area contributed by atoms with E-state index in [1.54, 1.807) is 0 Å². The van der Waals surface area contributed by atoms with E-state index in [1.807, 2.05) is 0 Å². The number of likely N-dealkylation sites (tertiary alicyclic amines) is 1. The van der Waals surface area contributed by atoms with E-state index in [4.69, 9.17) is 4.74 Å². The molecule has 29 heavy (non-hydrogen) atoms. The molecule has 4 rings (SSSR count). The number of rotatable bonds is 7. The van der Waals surface area contributed by atoms with Crippen LogP contribution in [-0.4, -0.2) is 36.1 Å². The molecule has 1 unspecified atom stereocenters. The van der Waals surface area contributed by atoms with Crippen LogP contribution in [0.5, 0.6) is 0 Å². The van der Waals surface area contributed by atoms with Crippen LogP contribution in [0.3, 0.4) is 0 Å². The fourth-order valence-electron chi connectivity index (χ4n) is 6.71. The molecule has 3 nitrogen and oxygen atoms in total. The van der Waals surface area contributed by atoms with Crippen LogP contribution in [0.15, 0.2) is 0 Å². The number of amides is 1. The highest BCUT2D eigenvalue weighted by Gasteiger charge is 2.33. The van der Waals surface area contributed by atoms with E-state index in [9.17, 15) is 4.79 Å². The molecule has 1 aliphatic heterocycles. The SMILES string of the molecule is O=C(C(CC1CCCCC1)OC1CCC(CC2CCCCC2)CC1)N1CCCC1. The minimum Gasteiger partial charge on any atom is -0.365 e. The van der Waals surface area contributed by atoms with Crippen molar-refractivity contribution < 1.29 is 9.53 Å². The maximum atomic E-state index is 13.2. The standard InChI is InChI=1S/C26H45NO2/c28-26(27-17-7-8-18-27)25(20-22-11-5-2-6-12-22)29-24-15-13-23(14-16-24)19-21-9-3-1-4-10-21/h21-25H,1-20H2. The number of hydrogen-bond donors (Lipinski definition) is 0. The summed E-state index contributed by atoms with van der Waals surface area (Å²) >= 11 is 0. The van der Waals surface area contributed by atoms with Crippen LogP contribution < -0.4 is 0 Å². The van der Waals surface area contributed by atoms with E-state index >= 15 is 0 Å². The third-order valence-corrected chi connectivity index (χ3v) is 8.51. The summed E-state index contributed by atoms with van der Waals surface area (Å²) in [6.07, 6.45) is 24.0. The zero-order valence-electron chi connectivity index (χ0n) is 18.8. The second-order valence-electron chi connectivity index (χ2n) is 10.8. The Balaban J connectivity index is 1.26. The lowest BCUT2D eigenvalue weighted by Crippen LogP contribution is -2.42. The van der Waals surface area contributed by atoms with Crippen molar-refractivity contribution in [2.75, 3.05) is 13.1 Å². The van der Waals surface area contributed by atoms with E-state index in [0.717, 1.165) is 31.3 Å². The molecule has 1 amide bonds. The van der Waals surface area contributed by atoms with E-state index in [0.29, 0.717) is 17.9 Å². The maximum Gasteiger partial charge on any atom is 0.251 e. The third kappa shape index (κ3) is 6.45. The van der Waals surface area contributed by atoms with Crippen molar-refractivity contribution >= 4 is 5.91 Å². The summed E-state index contributed by atoms with van der Waals surface area (Å²) in [6, 6.07) is 0. The average molecular weight is 404 g/mol. The van der Waals surface area contributed by atoms with Gasteiger partial charge in [0.1, 0.15) is 6.10 Å². The van der Waals surface area contributed by atoms with E-state index in [1.165, 1.54) is 109 Å². The van der Waals surface area contributed by atoms with Gasteiger partial charge in [0.25, 0.3) is 5.91 Å². The van der Waals surface area contributed by atoms with Crippen molar-refractivity contribution in [1.82, 2.24) is 4.90 Å². The van der Waals surface area contributed by atoms with Crippen molar-refractivity contribution in [2.24, 2.45) is 17.8 Å². The molecule has 0 aromatic heterocycles. The predicted octanol–water partition coefficient (Wildman–Crippen LogP) is 6.49. The van der Waals surface area contributed by atoms with E-state index in [-0.39, 0.29) is 6.10 Å². The average Bonchev–Trinajstić information content (AvgIpc) is 3.31. The summed E-state index contributed by atoms with van der Waals surface area (Å²) in [6.45, 7) is 1.91. The van der Waals surface area contributed by atoms with Gasteiger partial charge in [0.15, 0.2) is 0 Å². The summed E-state index contributed by atoms with van der Waals surface area (Å²) in [7, 11) is 0. The summed E-state index contributed by atoms with van der Waals surface area (Å²) in [5.74, 6) is 2.95. The molecular formula is C26H45NO2. The van der Waals surface area contributed by atoms with Crippen LogP contribution in [0.1, 0.15) is 116 Å². The van der Waals surface area contributed by atoms with Crippen LogP contribution in [0.2, 0.25) is 0 Å². The Hall–Kier alpha value is -0.570. The van der Waals surface area contributed by atoms with E-state index in [2.05, 4.69) is 4.90 Å². The molecule has 0 radical (unpaired) electrons. The van der Waals surface area contributed by atoms with Crippen LogP contribution in [0.4, 0.5) is 0 Å². The monoisotopic (exact) mass is 403 g/mol. The molecule has 4 aliphatic rings. The maximum absolute atomic E-state index is 13.2. The summed E-state index contributed by atoms with van der Waals surface area (Å²) < 4.78 is 6.62. The molecule has 1 heterocycles. The van der Waals surface area contributed by atoms with Gasteiger partial charge < -0.3 is 9.64 Å². The lowest BCUT2D eigenvalue weighted by Gasteiger charge is -2.35. The lowest BCUT2D eigenvalue weighted by molar-refractivity contribution is -0.150. The van der Waals surface area contributed by atoms with E-state index < -0.39 is 0 Å². The normalized spacial score (nSPS) is 31.1. The van der Waals surface area contributed by atoms with Crippen molar-refractivity contribution in [3.05, 3.63) is 0 Å². The Bertz CT molecular complexity index is 481. The molecule has 1 atom stereocenters. The number of carbonyl (C=O) groups excluding carboxylic acids is 1. The zero-order chi connectivity index (χ0) is 19.9. The third-order valence-electron chi connectivity index (χ3n) is 8.51. The molecule has 0 spiro atoms. The van der Waals surface area contributed by atoms with Gasteiger partial charge in [0.2, 0.25) is 0 Å². The van der Waals surface area contributed by atoms with Gasteiger partial charge in [-0.2, -0.15) is 0 Å². The van der Waals surface area contributed by atoms with Crippen molar-refractivity contribution in [3.63, 3.8) is 0 Å². The van der Waals surface area contributed by atoms with Crippen LogP contribution in [0.25, 0.3) is 0 Å². The van der Waals surface area contributed by atoms with Gasteiger partial charge in [0, 0.05) is 13.1 Å². The van der Waals surface area contributed by atoms with Gasteiger partial charge in [-0.15, -0.1) is 0 Å². The fourth-order valence-corrected chi connectivity index (χ4v) is 6.71. The number of carbonyl (C=O) groups is 1. The van der Waals surface area contributed by atoms with Gasteiger partial charge in [-0.25, -0.2) is 0 Å². The first-order valence-corrected chi connectivity index (χ1v) is 13.2. The fraction of sp³-hybridized carbons (Fsp3) is 0.962. The van der Waals surface area contributed by atoms with Crippen LogP contribution in [0, 0.1) is 17.8 Å². The van der Waals surface area contributed by atoms with Gasteiger partial charge in [0.05, 0.1) is 6.10 Å². The molecule has 3 aliphatic carbocycles. The highest BCUT2D eigenvalue weighted by molar-refractivity contribution is 5.81. The summed E-state index contributed by atoms with van der Waals surface area (Å²) in [4.78, 5) is 15.3. The molecule has 4 fully saturated rings. The molecule has 3 saturated carbocycles. The Morgan fingerprint density at radius 3 is 1.86 bits per heavy atom.